The fourth-order valence-corrected chi connectivity index (χ4v) is 2.37. The molecule has 0 aliphatic carbocycles. The van der Waals surface area contributed by atoms with Crippen molar-refractivity contribution in [1.82, 2.24) is 10.2 Å². The molecule has 2 amide bonds. The fraction of sp³-hybridized carbons (Fsp3) is 0.357. The Morgan fingerprint density at radius 3 is 2.25 bits per heavy atom. The standard InChI is InChI=1S/C14H16N2O4/c1-15-14(13(19)20,10-5-3-2-4-6-10)9-16-11(17)7-8-12(16)18/h2-6,15H,7-9H2,1H3,(H,19,20). The number of rotatable bonds is 5. The van der Waals surface area contributed by atoms with E-state index in [2.05, 4.69) is 5.32 Å². The summed E-state index contributed by atoms with van der Waals surface area (Å²) in [5.74, 6) is -1.78. The van der Waals surface area contributed by atoms with Crippen LogP contribution >= 0.6 is 0 Å². The number of carbonyl (C=O) groups excluding carboxylic acids is 2. The van der Waals surface area contributed by atoms with Gasteiger partial charge in [0.05, 0.1) is 6.54 Å². The van der Waals surface area contributed by atoms with E-state index in [1.165, 1.54) is 7.05 Å². The van der Waals surface area contributed by atoms with Crippen LogP contribution in [0.3, 0.4) is 0 Å². The summed E-state index contributed by atoms with van der Waals surface area (Å²) in [5, 5.41) is 12.4. The number of hydrogen-bond donors (Lipinski definition) is 2. The second-order valence-electron chi connectivity index (χ2n) is 4.70. The molecule has 2 rings (SSSR count). The maximum Gasteiger partial charge on any atom is 0.330 e. The van der Waals surface area contributed by atoms with Crippen molar-refractivity contribution in [3.63, 3.8) is 0 Å². The van der Waals surface area contributed by atoms with E-state index in [-0.39, 0.29) is 31.2 Å². The molecule has 1 aliphatic rings. The summed E-state index contributed by atoms with van der Waals surface area (Å²) in [5.41, 5.74) is -0.987. The molecule has 1 aromatic rings. The van der Waals surface area contributed by atoms with Gasteiger partial charge >= 0.3 is 5.97 Å². The highest BCUT2D eigenvalue weighted by Gasteiger charge is 2.44. The number of carbonyl (C=O) groups is 3. The summed E-state index contributed by atoms with van der Waals surface area (Å²) in [6, 6.07) is 8.54. The molecule has 0 radical (unpaired) electrons. The van der Waals surface area contributed by atoms with Crippen molar-refractivity contribution >= 4 is 17.8 Å². The lowest BCUT2D eigenvalue weighted by molar-refractivity contribution is -0.149. The molecule has 0 aromatic heterocycles. The van der Waals surface area contributed by atoms with Crippen molar-refractivity contribution in [3.8, 4) is 0 Å². The Hall–Kier alpha value is -2.21. The third kappa shape index (κ3) is 2.30. The van der Waals surface area contributed by atoms with E-state index in [1.54, 1.807) is 30.3 Å². The Morgan fingerprint density at radius 2 is 1.80 bits per heavy atom. The first-order valence-electron chi connectivity index (χ1n) is 6.32. The highest BCUT2D eigenvalue weighted by atomic mass is 16.4. The lowest BCUT2D eigenvalue weighted by Gasteiger charge is -2.32. The molecule has 1 fully saturated rings. The third-order valence-corrected chi connectivity index (χ3v) is 3.61. The summed E-state index contributed by atoms with van der Waals surface area (Å²) in [4.78, 5) is 36.2. The van der Waals surface area contributed by atoms with Gasteiger partial charge < -0.3 is 5.11 Å². The van der Waals surface area contributed by atoms with Crippen molar-refractivity contribution in [2.75, 3.05) is 13.6 Å². The number of aliphatic carboxylic acids is 1. The Balaban J connectivity index is 2.40. The predicted octanol–water partition coefficient (Wildman–Crippen LogP) is 0.335. The zero-order chi connectivity index (χ0) is 14.8. The molecule has 1 saturated heterocycles. The number of nitrogens with zero attached hydrogens (tertiary/aromatic N) is 1. The molecule has 0 bridgehead atoms. The Morgan fingerprint density at radius 1 is 1.25 bits per heavy atom. The summed E-state index contributed by atoms with van der Waals surface area (Å²) in [7, 11) is 1.51. The molecular formula is C14H16N2O4. The van der Waals surface area contributed by atoms with Crippen molar-refractivity contribution in [3.05, 3.63) is 35.9 Å². The molecule has 20 heavy (non-hydrogen) atoms. The van der Waals surface area contributed by atoms with Crippen molar-refractivity contribution in [1.29, 1.82) is 0 Å². The highest BCUT2D eigenvalue weighted by molar-refractivity contribution is 6.02. The summed E-state index contributed by atoms with van der Waals surface area (Å²) >= 11 is 0. The molecule has 1 aromatic carbocycles. The van der Waals surface area contributed by atoms with Gasteiger partial charge in [0.2, 0.25) is 11.8 Å². The van der Waals surface area contributed by atoms with Gasteiger partial charge in [-0.05, 0) is 12.6 Å². The van der Waals surface area contributed by atoms with Gasteiger partial charge in [0.25, 0.3) is 0 Å². The highest BCUT2D eigenvalue weighted by Crippen LogP contribution is 2.25. The minimum absolute atomic E-state index is 0.146. The number of nitrogens with one attached hydrogen (secondary N) is 1. The van der Waals surface area contributed by atoms with Gasteiger partial charge in [0.1, 0.15) is 0 Å². The van der Waals surface area contributed by atoms with Crippen molar-refractivity contribution in [2.45, 2.75) is 18.4 Å². The average molecular weight is 276 g/mol. The van der Waals surface area contributed by atoms with Gasteiger partial charge in [0.15, 0.2) is 5.54 Å². The lowest BCUT2D eigenvalue weighted by atomic mass is 9.89. The van der Waals surface area contributed by atoms with E-state index in [9.17, 15) is 19.5 Å². The van der Waals surface area contributed by atoms with E-state index in [1.807, 2.05) is 0 Å². The molecule has 6 nitrogen and oxygen atoms in total. The number of likely N-dealkylation sites (N-methyl/N-ethyl adjacent to an activating group) is 1. The third-order valence-electron chi connectivity index (χ3n) is 3.61. The van der Waals surface area contributed by atoms with Crippen LogP contribution in [0.1, 0.15) is 18.4 Å². The molecule has 1 heterocycles. The summed E-state index contributed by atoms with van der Waals surface area (Å²) < 4.78 is 0. The van der Waals surface area contributed by atoms with Gasteiger partial charge in [-0.2, -0.15) is 0 Å². The first kappa shape index (κ1) is 14.2. The number of hydrogen-bond acceptors (Lipinski definition) is 4. The minimum Gasteiger partial charge on any atom is -0.480 e. The van der Waals surface area contributed by atoms with Crippen LogP contribution in [-0.2, 0) is 19.9 Å². The molecule has 106 valence electrons. The van der Waals surface area contributed by atoms with Crippen LogP contribution in [0.15, 0.2) is 30.3 Å². The number of carboxylic acids is 1. The number of imide groups is 1. The van der Waals surface area contributed by atoms with E-state index < -0.39 is 11.5 Å². The number of benzene rings is 1. The molecule has 1 unspecified atom stereocenters. The fourth-order valence-electron chi connectivity index (χ4n) is 2.37. The molecule has 0 spiro atoms. The van der Waals surface area contributed by atoms with Crippen LogP contribution in [0.2, 0.25) is 0 Å². The number of carboxylic acid groups (broad SMARTS) is 1. The minimum atomic E-state index is -1.49. The van der Waals surface area contributed by atoms with Gasteiger partial charge in [-0.1, -0.05) is 30.3 Å². The van der Waals surface area contributed by atoms with Crippen LogP contribution in [0.25, 0.3) is 0 Å². The molecule has 1 aliphatic heterocycles. The Bertz CT molecular complexity index is 527. The van der Waals surface area contributed by atoms with E-state index in [4.69, 9.17) is 0 Å². The molecule has 1 atom stereocenters. The first-order chi connectivity index (χ1) is 9.51. The van der Waals surface area contributed by atoms with Gasteiger partial charge in [0, 0.05) is 12.8 Å². The molecule has 0 saturated carbocycles. The topological polar surface area (TPSA) is 86.7 Å². The zero-order valence-corrected chi connectivity index (χ0v) is 11.1. The van der Waals surface area contributed by atoms with Crippen LogP contribution < -0.4 is 5.32 Å². The predicted molar refractivity (Wildman–Crippen MR) is 70.8 cm³/mol. The van der Waals surface area contributed by atoms with Crippen molar-refractivity contribution < 1.29 is 19.5 Å². The second kappa shape index (κ2) is 5.42. The first-order valence-corrected chi connectivity index (χ1v) is 6.32. The van der Waals surface area contributed by atoms with E-state index >= 15 is 0 Å². The monoisotopic (exact) mass is 276 g/mol. The number of likely N-dealkylation sites (tertiary alicyclic amines) is 1. The maximum absolute atomic E-state index is 11.7. The summed E-state index contributed by atoms with van der Waals surface area (Å²) in [6.45, 7) is -0.208. The largest absolute Gasteiger partial charge is 0.480 e. The SMILES string of the molecule is CNC(CN1C(=O)CCC1=O)(C(=O)O)c1ccccc1. The average Bonchev–Trinajstić information content (AvgIpc) is 2.76. The smallest absolute Gasteiger partial charge is 0.330 e. The lowest BCUT2D eigenvalue weighted by Crippen LogP contribution is -2.56. The van der Waals surface area contributed by atoms with Gasteiger partial charge in [-0.3, -0.25) is 19.8 Å². The number of amides is 2. The maximum atomic E-state index is 11.7. The quantitative estimate of drug-likeness (QED) is 0.757. The van der Waals surface area contributed by atoms with Crippen LogP contribution in [-0.4, -0.2) is 41.4 Å². The zero-order valence-electron chi connectivity index (χ0n) is 11.1. The Kier molecular flexibility index (Phi) is 3.85. The van der Waals surface area contributed by atoms with E-state index in [0.29, 0.717) is 5.56 Å². The van der Waals surface area contributed by atoms with Crippen LogP contribution in [0, 0.1) is 0 Å². The van der Waals surface area contributed by atoms with Gasteiger partial charge in [-0.25, -0.2) is 4.79 Å². The molecular weight excluding hydrogens is 260 g/mol. The van der Waals surface area contributed by atoms with Crippen LogP contribution in [0.4, 0.5) is 0 Å². The molecule has 2 N–H and O–H groups in total. The molecule has 6 heteroatoms. The normalized spacial score (nSPS) is 18.1. The summed E-state index contributed by atoms with van der Waals surface area (Å²) in [6.07, 6.45) is 0.292. The van der Waals surface area contributed by atoms with E-state index in [0.717, 1.165) is 4.90 Å². The Labute approximate surface area is 116 Å². The second-order valence-corrected chi connectivity index (χ2v) is 4.70. The van der Waals surface area contributed by atoms with Crippen molar-refractivity contribution in [2.24, 2.45) is 0 Å². The van der Waals surface area contributed by atoms with Gasteiger partial charge in [-0.15, -0.1) is 0 Å². The van der Waals surface area contributed by atoms with Crippen LogP contribution in [0.5, 0.6) is 0 Å².